The van der Waals surface area contributed by atoms with Gasteiger partial charge in [-0.1, -0.05) is 11.6 Å². The molecule has 0 bridgehead atoms. The van der Waals surface area contributed by atoms with E-state index in [2.05, 4.69) is 10.3 Å². The number of carbonyl (C=O) groups is 1. The fraction of sp³-hybridized carbons (Fsp3) is 0.214. The maximum absolute atomic E-state index is 11.9. The molecule has 2 aromatic rings. The fourth-order valence-corrected chi connectivity index (χ4v) is 2.23. The Morgan fingerprint density at radius 3 is 2.76 bits per heavy atom. The van der Waals surface area contributed by atoms with Crippen LogP contribution in [-0.2, 0) is 0 Å². The molecule has 0 radical (unpaired) electrons. The van der Waals surface area contributed by atoms with Gasteiger partial charge in [0.05, 0.1) is 16.2 Å². The Morgan fingerprint density at radius 1 is 1.33 bits per heavy atom. The second kappa shape index (κ2) is 5.21. The summed E-state index contributed by atoms with van der Waals surface area (Å²) in [7, 11) is 0. The minimum Gasteiger partial charge on any atom is -0.350 e. The summed E-state index contributed by atoms with van der Waals surface area (Å²) in [5.41, 5.74) is 1.17. The zero-order valence-electron chi connectivity index (χ0n) is 10.9. The largest absolute Gasteiger partial charge is 0.350 e. The lowest BCUT2D eigenvalue weighted by Crippen LogP contribution is -2.25. The third-order valence-electron chi connectivity index (χ3n) is 3.29. The van der Waals surface area contributed by atoms with Gasteiger partial charge in [0.1, 0.15) is 5.69 Å². The minimum atomic E-state index is -0.476. The molecule has 1 heterocycles. The fourth-order valence-electron chi connectivity index (χ4n) is 2.06. The number of hydrogen-bond donors (Lipinski definition) is 2. The molecule has 7 heteroatoms. The first-order valence-electron chi connectivity index (χ1n) is 6.49. The van der Waals surface area contributed by atoms with Gasteiger partial charge in [0.15, 0.2) is 0 Å². The number of aromatic amines is 1. The second-order valence-corrected chi connectivity index (χ2v) is 5.39. The molecule has 1 aromatic carbocycles. The highest BCUT2D eigenvalue weighted by molar-refractivity contribution is 6.31. The lowest BCUT2D eigenvalue weighted by atomic mass is 10.1. The lowest BCUT2D eigenvalue weighted by Gasteiger charge is -2.03. The molecule has 1 fully saturated rings. The topological polar surface area (TPSA) is 88.0 Å². The van der Waals surface area contributed by atoms with Crippen LogP contribution >= 0.6 is 11.6 Å². The van der Waals surface area contributed by atoms with E-state index in [1.807, 2.05) is 0 Å². The number of H-pyrrole nitrogens is 1. The molecule has 0 spiro atoms. The molecule has 1 aliphatic rings. The quantitative estimate of drug-likeness (QED) is 0.672. The number of nitrogens with zero attached hydrogens (tertiary/aromatic N) is 1. The number of carbonyl (C=O) groups excluding carboxylic acids is 1. The maximum atomic E-state index is 11.9. The van der Waals surface area contributed by atoms with Crippen molar-refractivity contribution in [1.82, 2.24) is 10.3 Å². The number of benzene rings is 1. The van der Waals surface area contributed by atoms with Crippen LogP contribution in [0.1, 0.15) is 23.3 Å². The van der Waals surface area contributed by atoms with Gasteiger partial charge in [-0.2, -0.15) is 0 Å². The number of hydrogen-bond acceptors (Lipinski definition) is 3. The average Bonchev–Trinajstić information content (AvgIpc) is 3.11. The van der Waals surface area contributed by atoms with Crippen LogP contribution in [0.2, 0.25) is 5.02 Å². The van der Waals surface area contributed by atoms with E-state index < -0.39 is 4.92 Å². The van der Waals surface area contributed by atoms with E-state index in [0.717, 1.165) is 12.8 Å². The number of nitro groups is 1. The summed E-state index contributed by atoms with van der Waals surface area (Å²) >= 11 is 5.90. The Morgan fingerprint density at radius 2 is 2.10 bits per heavy atom. The number of nitro benzene ring substituents is 1. The zero-order chi connectivity index (χ0) is 15.0. The standard InChI is InChI=1S/C14H12ClN3O3/c15-8-1-6-13(18(20)21)10(7-8)11-4-5-12(17-11)14(19)16-9-2-3-9/h1,4-7,9,17H,2-3H2,(H,16,19). The number of aromatic nitrogens is 1. The Hall–Kier alpha value is -2.34. The van der Waals surface area contributed by atoms with Crippen molar-refractivity contribution in [3.8, 4) is 11.3 Å². The summed E-state index contributed by atoms with van der Waals surface area (Å²) in [5.74, 6) is -0.201. The SMILES string of the molecule is O=C(NC1CC1)c1ccc(-c2cc(Cl)ccc2[N+](=O)[O-])[nH]1. The highest BCUT2D eigenvalue weighted by atomic mass is 35.5. The van der Waals surface area contributed by atoms with Crippen molar-refractivity contribution in [3.63, 3.8) is 0 Å². The lowest BCUT2D eigenvalue weighted by molar-refractivity contribution is -0.384. The van der Waals surface area contributed by atoms with Gasteiger partial charge in [0, 0.05) is 17.1 Å². The molecule has 6 nitrogen and oxygen atoms in total. The predicted molar refractivity (Wildman–Crippen MR) is 78.4 cm³/mol. The molecule has 108 valence electrons. The van der Waals surface area contributed by atoms with Crippen molar-refractivity contribution >= 4 is 23.2 Å². The van der Waals surface area contributed by atoms with E-state index in [1.54, 1.807) is 12.1 Å². The van der Waals surface area contributed by atoms with Crippen LogP contribution in [0.15, 0.2) is 30.3 Å². The third kappa shape index (κ3) is 2.90. The molecule has 0 saturated heterocycles. The van der Waals surface area contributed by atoms with Gasteiger partial charge in [0.25, 0.3) is 11.6 Å². The molecule has 21 heavy (non-hydrogen) atoms. The molecule has 0 atom stereocenters. The number of halogens is 1. The Bertz CT molecular complexity index is 722. The number of amides is 1. The molecule has 1 aliphatic carbocycles. The molecule has 2 N–H and O–H groups in total. The van der Waals surface area contributed by atoms with E-state index in [0.29, 0.717) is 22.0 Å². The number of rotatable bonds is 4. The Kier molecular flexibility index (Phi) is 3.39. The van der Waals surface area contributed by atoms with Gasteiger partial charge < -0.3 is 10.3 Å². The first kappa shape index (κ1) is 13.6. The normalized spacial score (nSPS) is 14.0. The molecule has 3 rings (SSSR count). The summed E-state index contributed by atoms with van der Waals surface area (Å²) in [5, 5.41) is 14.3. The van der Waals surface area contributed by atoms with E-state index in [-0.39, 0.29) is 17.6 Å². The first-order valence-corrected chi connectivity index (χ1v) is 6.86. The van der Waals surface area contributed by atoms with Gasteiger partial charge in [-0.15, -0.1) is 0 Å². The van der Waals surface area contributed by atoms with Gasteiger partial charge in [-0.25, -0.2) is 0 Å². The molecule has 1 aromatic heterocycles. The monoisotopic (exact) mass is 305 g/mol. The highest BCUT2D eigenvalue weighted by Crippen LogP contribution is 2.31. The zero-order valence-corrected chi connectivity index (χ0v) is 11.7. The van der Waals surface area contributed by atoms with Gasteiger partial charge in [-0.05, 0) is 37.1 Å². The first-order chi connectivity index (χ1) is 10.0. The van der Waals surface area contributed by atoms with Crippen molar-refractivity contribution in [2.24, 2.45) is 0 Å². The molecular formula is C14H12ClN3O3. The molecular weight excluding hydrogens is 294 g/mol. The summed E-state index contributed by atoms with van der Waals surface area (Å²) < 4.78 is 0. The van der Waals surface area contributed by atoms with E-state index in [9.17, 15) is 14.9 Å². The van der Waals surface area contributed by atoms with Gasteiger partial charge in [-0.3, -0.25) is 14.9 Å². The summed E-state index contributed by atoms with van der Waals surface area (Å²) in [6.07, 6.45) is 2.00. The van der Waals surface area contributed by atoms with Crippen LogP contribution in [0.5, 0.6) is 0 Å². The van der Waals surface area contributed by atoms with Crippen LogP contribution in [0.4, 0.5) is 5.69 Å². The van der Waals surface area contributed by atoms with Gasteiger partial charge >= 0.3 is 0 Å². The maximum Gasteiger partial charge on any atom is 0.278 e. The van der Waals surface area contributed by atoms with Crippen LogP contribution in [0.3, 0.4) is 0 Å². The van der Waals surface area contributed by atoms with Gasteiger partial charge in [0.2, 0.25) is 0 Å². The third-order valence-corrected chi connectivity index (χ3v) is 3.52. The number of nitrogens with one attached hydrogen (secondary N) is 2. The molecule has 0 unspecified atom stereocenters. The summed E-state index contributed by atoms with van der Waals surface area (Å²) in [4.78, 5) is 25.4. The van der Waals surface area contributed by atoms with E-state index in [4.69, 9.17) is 11.6 Å². The Balaban J connectivity index is 1.93. The molecule has 0 aliphatic heterocycles. The van der Waals surface area contributed by atoms with Crippen molar-refractivity contribution in [2.75, 3.05) is 0 Å². The van der Waals surface area contributed by atoms with Crippen LogP contribution < -0.4 is 5.32 Å². The summed E-state index contributed by atoms with van der Waals surface area (Å²) in [6.45, 7) is 0. The van der Waals surface area contributed by atoms with E-state index in [1.165, 1.54) is 18.2 Å². The second-order valence-electron chi connectivity index (χ2n) is 4.95. The smallest absolute Gasteiger partial charge is 0.278 e. The van der Waals surface area contributed by atoms with Crippen molar-refractivity contribution in [3.05, 3.63) is 51.2 Å². The molecule has 1 amide bonds. The summed E-state index contributed by atoms with van der Waals surface area (Å²) in [6, 6.07) is 7.83. The Labute approximate surface area is 125 Å². The molecule has 1 saturated carbocycles. The van der Waals surface area contributed by atoms with Crippen LogP contribution in [0.25, 0.3) is 11.3 Å². The van der Waals surface area contributed by atoms with Crippen molar-refractivity contribution < 1.29 is 9.72 Å². The highest BCUT2D eigenvalue weighted by Gasteiger charge is 2.25. The van der Waals surface area contributed by atoms with Crippen LogP contribution in [-0.4, -0.2) is 21.9 Å². The van der Waals surface area contributed by atoms with Crippen molar-refractivity contribution in [1.29, 1.82) is 0 Å². The van der Waals surface area contributed by atoms with Crippen molar-refractivity contribution in [2.45, 2.75) is 18.9 Å². The van der Waals surface area contributed by atoms with E-state index >= 15 is 0 Å². The van der Waals surface area contributed by atoms with Crippen LogP contribution in [0, 0.1) is 10.1 Å². The average molecular weight is 306 g/mol. The minimum absolute atomic E-state index is 0.0598. The predicted octanol–water partition coefficient (Wildman–Crippen LogP) is 3.14.